The van der Waals surface area contributed by atoms with Crippen LogP contribution in [0, 0.1) is 5.41 Å². The first-order valence-electron chi connectivity index (χ1n) is 5.54. The summed E-state index contributed by atoms with van der Waals surface area (Å²) in [5.41, 5.74) is 7.27. The average Bonchev–Trinajstić information content (AvgIpc) is 2.43. The first-order valence-corrected chi connectivity index (χ1v) is 5.54. The number of rotatable bonds is 4. The number of anilines is 2. The van der Waals surface area contributed by atoms with Crippen LogP contribution >= 0.6 is 0 Å². The largest absolute Gasteiger partial charge is 0.508 e. The summed E-state index contributed by atoms with van der Waals surface area (Å²) in [4.78, 5) is 8.13. The van der Waals surface area contributed by atoms with Crippen molar-refractivity contribution in [3.05, 3.63) is 48.6 Å². The van der Waals surface area contributed by atoms with Gasteiger partial charge in [-0.05, 0) is 24.3 Å². The fourth-order valence-corrected chi connectivity index (χ4v) is 1.48. The van der Waals surface area contributed by atoms with Crippen molar-refractivity contribution in [3.63, 3.8) is 0 Å². The summed E-state index contributed by atoms with van der Waals surface area (Å²) in [6.45, 7) is 0. The lowest BCUT2D eigenvalue weighted by molar-refractivity contribution is 0.475. The van der Waals surface area contributed by atoms with E-state index in [2.05, 4.69) is 15.3 Å². The highest BCUT2D eigenvalue weighted by molar-refractivity contribution is 6.07. The Morgan fingerprint density at radius 3 is 2.63 bits per heavy atom. The van der Waals surface area contributed by atoms with E-state index in [4.69, 9.17) is 11.1 Å². The molecule has 96 valence electrons. The van der Waals surface area contributed by atoms with Gasteiger partial charge in [-0.25, -0.2) is 9.97 Å². The van der Waals surface area contributed by atoms with E-state index < -0.39 is 0 Å². The van der Waals surface area contributed by atoms with E-state index in [9.17, 15) is 5.11 Å². The van der Waals surface area contributed by atoms with E-state index in [1.807, 2.05) is 0 Å². The highest BCUT2D eigenvalue weighted by Crippen LogP contribution is 2.19. The number of benzene rings is 1. The molecule has 0 atom stereocenters. The molecule has 0 saturated carbocycles. The van der Waals surface area contributed by atoms with Gasteiger partial charge in [0.05, 0.1) is 5.69 Å². The number of aromatic hydroxyl groups is 1. The normalized spacial score (nSPS) is 11.1. The summed E-state index contributed by atoms with van der Waals surface area (Å²) >= 11 is 0. The predicted octanol–water partition coefficient (Wildman–Crippen LogP) is 1.87. The van der Waals surface area contributed by atoms with Gasteiger partial charge in [0.25, 0.3) is 0 Å². The van der Waals surface area contributed by atoms with Crippen molar-refractivity contribution in [2.45, 2.75) is 0 Å². The van der Waals surface area contributed by atoms with Gasteiger partial charge in [-0.1, -0.05) is 0 Å². The second kappa shape index (κ2) is 5.63. The first kappa shape index (κ1) is 12.6. The summed E-state index contributed by atoms with van der Waals surface area (Å²) in [5, 5.41) is 19.5. The minimum absolute atomic E-state index is 0.200. The molecular weight excluding hydrogens is 242 g/mol. The Bertz CT molecular complexity index is 607. The van der Waals surface area contributed by atoms with Crippen LogP contribution < -0.4 is 11.1 Å². The molecule has 0 unspecified atom stereocenters. The van der Waals surface area contributed by atoms with E-state index in [0.29, 0.717) is 17.1 Å². The lowest BCUT2D eigenvalue weighted by atomic mass is 10.2. The molecule has 0 amide bonds. The van der Waals surface area contributed by atoms with Gasteiger partial charge < -0.3 is 21.6 Å². The Morgan fingerprint density at radius 2 is 2.00 bits per heavy atom. The molecule has 0 radical (unpaired) electrons. The Labute approximate surface area is 110 Å². The molecule has 0 saturated heterocycles. The van der Waals surface area contributed by atoms with Crippen LogP contribution in [0.3, 0.4) is 0 Å². The summed E-state index contributed by atoms with van der Waals surface area (Å²) < 4.78 is 0. The Morgan fingerprint density at radius 1 is 1.26 bits per heavy atom. The Hall–Kier alpha value is -2.89. The third-order valence-electron chi connectivity index (χ3n) is 2.44. The SMILES string of the molecule is N=C/C(=C\N)c1cc(Nc2ccc(O)cc2)ncn1. The number of hydrogen-bond acceptors (Lipinski definition) is 6. The van der Waals surface area contributed by atoms with Gasteiger partial charge in [0.2, 0.25) is 0 Å². The second-order valence-corrected chi connectivity index (χ2v) is 3.73. The summed E-state index contributed by atoms with van der Waals surface area (Å²) in [6.07, 6.45) is 3.84. The van der Waals surface area contributed by atoms with Crippen molar-refractivity contribution in [1.82, 2.24) is 9.97 Å². The molecule has 0 fully saturated rings. The van der Waals surface area contributed by atoms with Crippen molar-refractivity contribution >= 4 is 23.3 Å². The summed E-state index contributed by atoms with van der Waals surface area (Å²) in [6, 6.07) is 8.30. The highest BCUT2D eigenvalue weighted by atomic mass is 16.3. The summed E-state index contributed by atoms with van der Waals surface area (Å²) in [7, 11) is 0. The molecule has 0 aliphatic carbocycles. The lowest BCUT2D eigenvalue weighted by Crippen LogP contribution is -1.99. The molecular formula is C13H13N5O. The third kappa shape index (κ3) is 3.06. The van der Waals surface area contributed by atoms with Crippen molar-refractivity contribution in [2.75, 3.05) is 5.32 Å². The van der Waals surface area contributed by atoms with Crippen molar-refractivity contribution in [3.8, 4) is 5.75 Å². The lowest BCUT2D eigenvalue weighted by Gasteiger charge is -2.07. The number of allylic oxidation sites excluding steroid dienone is 1. The molecule has 2 aromatic rings. The molecule has 0 aliphatic heterocycles. The maximum atomic E-state index is 9.20. The van der Waals surface area contributed by atoms with Crippen molar-refractivity contribution in [2.24, 2.45) is 5.73 Å². The average molecular weight is 255 g/mol. The molecule has 0 bridgehead atoms. The fourth-order valence-electron chi connectivity index (χ4n) is 1.48. The van der Waals surface area contributed by atoms with E-state index >= 15 is 0 Å². The van der Waals surface area contributed by atoms with Crippen LogP contribution in [0.15, 0.2) is 42.9 Å². The van der Waals surface area contributed by atoms with Crippen LogP contribution in [0.1, 0.15) is 5.69 Å². The highest BCUT2D eigenvalue weighted by Gasteiger charge is 2.03. The minimum Gasteiger partial charge on any atom is -0.508 e. The second-order valence-electron chi connectivity index (χ2n) is 3.73. The van der Waals surface area contributed by atoms with E-state index in [1.54, 1.807) is 30.3 Å². The number of hydrogen-bond donors (Lipinski definition) is 4. The fraction of sp³-hybridized carbons (Fsp3) is 0. The quantitative estimate of drug-likeness (QED) is 0.492. The van der Waals surface area contributed by atoms with Crippen LogP contribution in [-0.4, -0.2) is 21.3 Å². The maximum Gasteiger partial charge on any atom is 0.134 e. The first-order chi connectivity index (χ1) is 9.22. The van der Waals surface area contributed by atoms with Crippen molar-refractivity contribution in [1.29, 1.82) is 5.41 Å². The standard InChI is InChI=1S/C13H13N5O/c14-6-9(7-15)12-5-13(17-8-16-12)18-10-1-3-11(19)4-2-10/h1-8,14,19H,15H2,(H,16,17,18)/b9-7+,14-6?. The van der Waals surface area contributed by atoms with Crippen LogP contribution in [0.5, 0.6) is 5.75 Å². The number of phenols is 1. The maximum absolute atomic E-state index is 9.20. The number of nitrogens with one attached hydrogen (secondary N) is 2. The number of nitrogens with zero attached hydrogens (tertiary/aromatic N) is 2. The third-order valence-corrected chi connectivity index (χ3v) is 2.44. The number of nitrogens with two attached hydrogens (primary N) is 1. The van der Waals surface area contributed by atoms with Gasteiger partial charge in [-0.15, -0.1) is 0 Å². The Kier molecular flexibility index (Phi) is 3.72. The molecule has 1 aromatic heterocycles. The van der Waals surface area contributed by atoms with Gasteiger partial charge in [-0.2, -0.15) is 0 Å². The van der Waals surface area contributed by atoms with Gasteiger partial charge in [-0.3, -0.25) is 0 Å². The zero-order valence-electron chi connectivity index (χ0n) is 10.0. The molecule has 2 rings (SSSR count). The number of phenolic OH excluding ortho intramolecular Hbond substituents is 1. The van der Waals surface area contributed by atoms with Crippen LogP contribution in [0.25, 0.3) is 5.57 Å². The Balaban J connectivity index is 2.24. The monoisotopic (exact) mass is 255 g/mol. The van der Waals surface area contributed by atoms with Gasteiger partial charge in [0, 0.05) is 29.7 Å². The van der Waals surface area contributed by atoms with Crippen LogP contribution in [0.2, 0.25) is 0 Å². The molecule has 1 heterocycles. The van der Waals surface area contributed by atoms with Gasteiger partial charge >= 0.3 is 0 Å². The minimum atomic E-state index is 0.200. The van der Waals surface area contributed by atoms with Gasteiger partial charge in [0.15, 0.2) is 0 Å². The predicted molar refractivity (Wildman–Crippen MR) is 74.4 cm³/mol. The zero-order chi connectivity index (χ0) is 13.7. The zero-order valence-corrected chi connectivity index (χ0v) is 10.0. The van der Waals surface area contributed by atoms with Crippen LogP contribution in [0.4, 0.5) is 11.5 Å². The van der Waals surface area contributed by atoms with E-state index in [0.717, 1.165) is 11.9 Å². The topological polar surface area (TPSA) is 108 Å². The van der Waals surface area contributed by atoms with E-state index in [1.165, 1.54) is 12.5 Å². The van der Waals surface area contributed by atoms with Crippen molar-refractivity contribution < 1.29 is 5.11 Å². The molecule has 6 heteroatoms. The molecule has 6 nitrogen and oxygen atoms in total. The molecule has 0 spiro atoms. The van der Waals surface area contributed by atoms with Gasteiger partial charge in [0.1, 0.15) is 17.9 Å². The number of aromatic nitrogens is 2. The summed E-state index contributed by atoms with van der Waals surface area (Å²) in [5.74, 6) is 0.781. The van der Waals surface area contributed by atoms with Crippen LogP contribution in [-0.2, 0) is 0 Å². The molecule has 5 N–H and O–H groups in total. The molecule has 1 aromatic carbocycles. The molecule has 19 heavy (non-hydrogen) atoms. The smallest absolute Gasteiger partial charge is 0.134 e. The molecule has 0 aliphatic rings. The van der Waals surface area contributed by atoms with E-state index in [-0.39, 0.29) is 5.75 Å².